The number of rotatable bonds is 12. The van der Waals surface area contributed by atoms with Crippen molar-refractivity contribution < 1.29 is 4.79 Å². The van der Waals surface area contributed by atoms with Crippen LogP contribution in [0.3, 0.4) is 0 Å². The van der Waals surface area contributed by atoms with Crippen molar-refractivity contribution in [2.24, 2.45) is 0 Å². The van der Waals surface area contributed by atoms with Crippen molar-refractivity contribution in [3.8, 4) is 0 Å². The number of hydrogen-bond acceptors (Lipinski definition) is 6. The number of carbonyl (C=O) groups excluding carboxylic acids is 1. The molecular weight excluding hydrogens is 436 g/mol. The Morgan fingerprint density at radius 2 is 1.83 bits per heavy atom. The minimum Gasteiger partial charge on any atom is -0.377 e. The average molecular weight is 473 g/mol. The minimum absolute atomic E-state index is 0.0394. The third-order valence-electron chi connectivity index (χ3n) is 6.22. The molecule has 2 aromatic rings. The van der Waals surface area contributed by atoms with Crippen LogP contribution >= 0.6 is 0 Å². The van der Waals surface area contributed by atoms with Gasteiger partial charge in [-0.1, -0.05) is 57.0 Å². The molecule has 1 unspecified atom stereocenters. The topological polar surface area (TPSA) is 64.6 Å². The number of hydrogen-bond donors (Lipinski definition) is 1. The summed E-state index contributed by atoms with van der Waals surface area (Å²) < 4.78 is 0. The first-order valence-electron chi connectivity index (χ1n) is 11.8. The predicted octanol–water partition coefficient (Wildman–Crippen LogP) is 4.91. The number of aromatic nitrogens is 2. The molecule has 0 radical (unpaired) electrons. The van der Waals surface area contributed by atoms with Crippen molar-refractivity contribution in [2.75, 3.05) is 37.4 Å². The maximum atomic E-state index is 12.9. The highest BCUT2D eigenvalue weighted by molar-refractivity contribution is 6.00. The number of anilines is 2. The van der Waals surface area contributed by atoms with E-state index in [0.29, 0.717) is 23.9 Å². The van der Waals surface area contributed by atoms with E-state index in [9.17, 15) is 4.79 Å². The summed E-state index contributed by atoms with van der Waals surface area (Å²) in [4.78, 5) is 28.0. The van der Waals surface area contributed by atoms with Crippen molar-refractivity contribution in [1.29, 1.82) is 0 Å². The molecule has 1 aromatic carbocycles. The molecule has 0 saturated heterocycles. The van der Waals surface area contributed by atoms with Crippen molar-refractivity contribution >= 4 is 17.7 Å². The number of allylic oxidation sites excluding steroid dienone is 3. The first-order valence-corrected chi connectivity index (χ1v) is 11.8. The molecule has 3 rings (SSSR count). The predicted molar refractivity (Wildman–Crippen MR) is 144 cm³/mol. The normalized spacial score (nSPS) is 13.5. The monoisotopic (exact) mass is 472 g/mol. The van der Waals surface area contributed by atoms with Crippen molar-refractivity contribution in [1.82, 2.24) is 19.8 Å². The summed E-state index contributed by atoms with van der Waals surface area (Å²) in [6.45, 7) is 17.9. The molecule has 7 heteroatoms. The van der Waals surface area contributed by atoms with Crippen LogP contribution in [0, 0.1) is 0 Å². The Morgan fingerprint density at radius 3 is 2.49 bits per heavy atom. The highest BCUT2D eigenvalue weighted by Gasteiger charge is 2.35. The lowest BCUT2D eigenvalue weighted by Crippen LogP contribution is -2.32. The van der Waals surface area contributed by atoms with Crippen LogP contribution in [0.25, 0.3) is 0 Å². The van der Waals surface area contributed by atoms with E-state index in [2.05, 4.69) is 51.7 Å². The third-order valence-corrected chi connectivity index (χ3v) is 6.22. The second kappa shape index (κ2) is 11.5. The molecular formula is C28H36N6O. The lowest BCUT2D eigenvalue weighted by Gasteiger charge is -2.27. The van der Waals surface area contributed by atoms with Crippen LogP contribution in [-0.4, -0.2) is 52.9 Å². The van der Waals surface area contributed by atoms with Crippen LogP contribution in [0.15, 0.2) is 85.5 Å². The molecule has 0 fully saturated rings. The number of likely N-dealkylation sites (N-methyl/N-ethyl adjacent to an activating group) is 2. The van der Waals surface area contributed by atoms with Crippen molar-refractivity contribution in [3.05, 3.63) is 96.6 Å². The second-order valence-electron chi connectivity index (χ2n) is 8.87. The molecule has 7 nitrogen and oxygen atoms in total. The number of nitrogens with zero attached hydrogens (tertiary/aromatic N) is 5. The van der Waals surface area contributed by atoms with Gasteiger partial charge in [-0.2, -0.15) is 4.98 Å². The number of fused-ring (bicyclic) bond motifs is 1. The second-order valence-corrected chi connectivity index (χ2v) is 8.87. The maximum absolute atomic E-state index is 12.9. The zero-order chi connectivity index (χ0) is 25.5. The van der Waals surface area contributed by atoms with Gasteiger partial charge in [-0.25, -0.2) is 4.98 Å². The third kappa shape index (κ3) is 6.38. The van der Waals surface area contributed by atoms with Crippen LogP contribution in [0.5, 0.6) is 0 Å². The summed E-state index contributed by atoms with van der Waals surface area (Å²) in [6.07, 6.45) is 6.57. The Kier molecular flexibility index (Phi) is 8.47. The van der Waals surface area contributed by atoms with Gasteiger partial charge in [0.05, 0.1) is 12.5 Å². The molecule has 0 bridgehead atoms. The first kappa shape index (κ1) is 25.7. The average Bonchev–Trinajstić information content (AvgIpc) is 3.17. The number of carbonyl (C=O) groups is 1. The van der Waals surface area contributed by atoms with Gasteiger partial charge in [0.2, 0.25) is 11.9 Å². The van der Waals surface area contributed by atoms with Gasteiger partial charge in [0, 0.05) is 56.0 Å². The molecule has 1 aliphatic heterocycles. The fraction of sp³-hybridized carbons (Fsp3) is 0.321. The summed E-state index contributed by atoms with van der Waals surface area (Å²) in [5.41, 5.74) is 4.45. The Labute approximate surface area is 209 Å². The molecule has 1 aromatic heterocycles. The summed E-state index contributed by atoms with van der Waals surface area (Å²) in [5, 5.41) is 3.14. The fourth-order valence-corrected chi connectivity index (χ4v) is 3.87. The van der Waals surface area contributed by atoms with Crippen molar-refractivity contribution in [2.45, 2.75) is 32.7 Å². The van der Waals surface area contributed by atoms with Gasteiger partial charge in [0.15, 0.2) is 0 Å². The van der Waals surface area contributed by atoms with E-state index in [-0.39, 0.29) is 11.9 Å². The zero-order valence-electron chi connectivity index (χ0n) is 21.3. The number of benzene rings is 1. The van der Waals surface area contributed by atoms with E-state index < -0.39 is 0 Å². The fourth-order valence-electron chi connectivity index (χ4n) is 3.87. The van der Waals surface area contributed by atoms with Gasteiger partial charge in [0.1, 0.15) is 5.82 Å². The number of nitrogens with one attached hydrogen (secondary N) is 1. The summed E-state index contributed by atoms with van der Waals surface area (Å²) in [7, 11) is 4.02. The molecule has 184 valence electrons. The highest BCUT2D eigenvalue weighted by atomic mass is 16.2. The van der Waals surface area contributed by atoms with Gasteiger partial charge < -0.3 is 15.1 Å². The van der Waals surface area contributed by atoms with Crippen LogP contribution < -0.4 is 10.2 Å². The SMILES string of the molecule is C=C(/C=C\C(=C)N(C)CCN(C)C(=C)C)Nc1ncc2c(n1)N(C(CC)c1ccccc1)C(=O)C2. The quantitative estimate of drug-likeness (QED) is 0.443. The Morgan fingerprint density at radius 1 is 1.14 bits per heavy atom. The Balaban J connectivity index is 1.67. The lowest BCUT2D eigenvalue weighted by atomic mass is 10.0. The molecule has 0 saturated carbocycles. The standard InChI is InChI=1S/C28H36N6O/c1-8-25(23-12-10-9-11-13-23)34-26(35)18-24-19-29-28(31-27(24)34)30-21(4)14-15-22(5)33(7)17-16-32(6)20(2)3/h9-15,19,25H,2,4-5,8,16-18H2,1,3,6-7H3,(H,29,30,31)/b15-14-. The first-order chi connectivity index (χ1) is 16.7. The van der Waals surface area contributed by atoms with Crippen LogP contribution in [0.2, 0.25) is 0 Å². The number of amides is 1. The van der Waals surface area contributed by atoms with Gasteiger partial charge in [0.25, 0.3) is 0 Å². The largest absolute Gasteiger partial charge is 0.377 e. The van der Waals surface area contributed by atoms with Crippen LogP contribution in [0.1, 0.15) is 37.4 Å². The smallest absolute Gasteiger partial charge is 0.233 e. The summed E-state index contributed by atoms with van der Waals surface area (Å²) >= 11 is 0. The van der Waals surface area contributed by atoms with Gasteiger partial charge in [-0.05, 0) is 31.1 Å². The lowest BCUT2D eigenvalue weighted by molar-refractivity contribution is -0.117. The molecule has 1 N–H and O–H groups in total. The van der Waals surface area contributed by atoms with E-state index in [4.69, 9.17) is 0 Å². The summed E-state index contributed by atoms with van der Waals surface area (Å²) in [6, 6.07) is 9.99. The van der Waals surface area contributed by atoms with E-state index >= 15 is 0 Å². The minimum atomic E-state index is -0.0708. The van der Waals surface area contributed by atoms with Crippen LogP contribution in [0.4, 0.5) is 11.8 Å². The van der Waals surface area contributed by atoms with Gasteiger partial charge >= 0.3 is 0 Å². The van der Waals surface area contributed by atoms with Gasteiger partial charge in [-0.15, -0.1) is 0 Å². The van der Waals surface area contributed by atoms with E-state index in [0.717, 1.165) is 42.0 Å². The van der Waals surface area contributed by atoms with E-state index in [1.165, 1.54) is 0 Å². The summed E-state index contributed by atoms with van der Waals surface area (Å²) in [5.74, 6) is 1.10. The molecule has 1 atom stereocenters. The molecule has 1 amide bonds. The molecule has 1 aliphatic rings. The molecule has 2 heterocycles. The highest BCUT2D eigenvalue weighted by Crippen LogP contribution is 2.36. The molecule has 0 aliphatic carbocycles. The van der Waals surface area contributed by atoms with E-state index in [1.54, 1.807) is 11.1 Å². The van der Waals surface area contributed by atoms with Gasteiger partial charge in [-0.3, -0.25) is 9.69 Å². The maximum Gasteiger partial charge on any atom is 0.233 e. The molecule has 0 spiro atoms. The van der Waals surface area contributed by atoms with Crippen molar-refractivity contribution in [3.63, 3.8) is 0 Å². The zero-order valence-corrected chi connectivity index (χ0v) is 21.3. The molecule has 35 heavy (non-hydrogen) atoms. The Hall–Kier alpha value is -3.87. The Bertz CT molecular complexity index is 1120. The van der Waals surface area contributed by atoms with E-state index in [1.807, 2.05) is 63.5 Å². The van der Waals surface area contributed by atoms with Crippen LogP contribution in [-0.2, 0) is 11.2 Å².